The molecule has 116 valence electrons. The Morgan fingerprint density at radius 2 is 1.42 bits per heavy atom. The summed E-state index contributed by atoms with van der Waals surface area (Å²) in [6.45, 7) is 11.7. The molecule has 1 nitrogen and oxygen atoms in total. The lowest BCUT2D eigenvalue weighted by molar-refractivity contribution is 0.293. The number of nitrogens with one attached hydrogen (secondary N) is 1. The minimum Gasteiger partial charge on any atom is -0.317 e. The number of unbranched alkanes of at least 4 members (excludes halogenated alkanes) is 5. The normalized spacial score (nSPS) is 14.5. The third-order valence-corrected chi connectivity index (χ3v) is 4.50. The lowest BCUT2D eigenvalue weighted by Crippen LogP contribution is -2.21. The number of rotatable bonds is 14. The molecule has 0 heterocycles. The van der Waals surface area contributed by atoms with Crippen molar-refractivity contribution in [2.24, 2.45) is 11.8 Å². The first-order valence-electron chi connectivity index (χ1n) is 8.96. The second kappa shape index (κ2) is 14.4. The molecule has 0 spiro atoms. The monoisotopic (exact) mass is 269 g/mol. The summed E-state index contributed by atoms with van der Waals surface area (Å²) in [4.78, 5) is 0. The van der Waals surface area contributed by atoms with Gasteiger partial charge < -0.3 is 5.32 Å². The van der Waals surface area contributed by atoms with Crippen molar-refractivity contribution < 1.29 is 0 Å². The van der Waals surface area contributed by atoms with Crippen molar-refractivity contribution in [3.05, 3.63) is 0 Å². The van der Waals surface area contributed by atoms with E-state index in [1.165, 1.54) is 77.3 Å². The summed E-state index contributed by atoms with van der Waals surface area (Å²) >= 11 is 0. The molecule has 0 rings (SSSR count). The van der Waals surface area contributed by atoms with Gasteiger partial charge in [0, 0.05) is 0 Å². The highest BCUT2D eigenvalue weighted by molar-refractivity contribution is 4.67. The minimum absolute atomic E-state index is 0.902. The molecule has 0 aromatic rings. The third-order valence-electron chi connectivity index (χ3n) is 4.50. The van der Waals surface area contributed by atoms with E-state index in [1.807, 2.05) is 0 Å². The minimum atomic E-state index is 0.902. The first-order chi connectivity index (χ1) is 9.26. The van der Waals surface area contributed by atoms with E-state index in [1.54, 1.807) is 0 Å². The predicted octanol–water partition coefficient (Wildman–Crippen LogP) is 5.79. The average molecular weight is 270 g/mol. The van der Waals surface area contributed by atoms with Crippen LogP contribution in [0.1, 0.15) is 91.9 Å². The molecule has 0 aromatic heterocycles. The predicted molar refractivity (Wildman–Crippen MR) is 88.7 cm³/mol. The fraction of sp³-hybridized carbons (Fsp3) is 1.00. The van der Waals surface area contributed by atoms with E-state index >= 15 is 0 Å². The van der Waals surface area contributed by atoms with Gasteiger partial charge in [-0.2, -0.15) is 0 Å². The van der Waals surface area contributed by atoms with E-state index in [0.29, 0.717) is 0 Å². The second-order valence-corrected chi connectivity index (χ2v) is 6.24. The van der Waals surface area contributed by atoms with Crippen LogP contribution in [0.15, 0.2) is 0 Å². The Morgan fingerprint density at radius 3 is 2.05 bits per heavy atom. The van der Waals surface area contributed by atoms with Gasteiger partial charge in [0.05, 0.1) is 0 Å². The van der Waals surface area contributed by atoms with Gasteiger partial charge in [-0.05, 0) is 37.8 Å². The van der Waals surface area contributed by atoms with Gasteiger partial charge in [-0.1, -0.05) is 79.1 Å². The van der Waals surface area contributed by atoms with E-state index in [-0.39, 0.29) is 0 Å². The van der Waals surface area contributed by atoms with Crippen LogP contribution in [0.2, 0.25) is 0 Å². The molecular weight excluding hydrogens is 230 g/mol. The first kappa shape index (κ1) is 19.0. The van der Waals surface area contributed by atoms with Crippen LogP contribution in [0.4, 0.5) is 0 Å². The quantitative estimate of drug-likeness (QED) is 0.394. The van der Waals surface area contributed by atoms with Crippen LogP contribution < -0.4 is 5.32 Å². The van der Waals surface area contributed by atoms with Gasteiger partial charge in [0.25, 0.3) is 0 Å². The van der Waals surface area contributed by atoms with Gasteiger partial charge in [-0.25, -0.2) is 0 Å². The molecule has 2 atom stereocenters. The van der Waals surface area contributed by atoms with Crippen LogP contribution >= 0.6 is 0 Å². The molecule has 0 amide bonds. The van der Waals surface area contributed by atoms with E-state index in [9.17, 15) is 0 Å². The molecule has 2 unspecified atom stereocenters. The van der Waals surface area contributed by atoms with Gasteiger partial charge in [0.2, 0.25) is 0 Å². The summed E-state index contributed by atoms with van der Waals surface area (Å²) in [6, 6.07) is 0. The molecule has 0 aliphatic carbocycles. The summed E-state index contributed by atoms with van der Waals surface area (Å²) < 4.78 is 0. The smallest absolute Gasteiger partial charge is 0.00462 e. The van der Waals surface area contributed by atoms with Crippen molar-refractivity contribution in [2.45, 2.75) is 91.9 Å². The topological polar surface area (TPSA) is 12.0 Å². The van der Waals surface area contributed by atoms with Crippen LogP contribution in [0.25, 0.3) is 0 Å². The molecule has 19 heavy (non-hydrogen) atoms. The zero-order chi connectivity index (χ0) is 14.3. The van der Waals surface area contributed by atoms with Crippen molar-refractivity contribution in [2.75, 3.05) is 13.1 Å². The summed E-state index contributed by atoms with van der Waals surface area (Å²) in [7, 11) is 0. The highest BCUT2D eigenvalue weighted by atomic mass is 14.8. The summed E-state index contributed by atoms with van der Waals surface area (Å²) in [5.74, 6) is 1.85. The van der Waals surface area contributed by atoms with Crippen molar-refractivity contribution in [3.8, 4) is 0 Å². The molecule has 0 radical (unpaired) electrons. The largest absolute Gasteiger partial charge is 0.317 e. The zero-order valence-electron chi connectivity index (χ0n) is 14.1. The average Bonchev–Trinajstić information content (AvgIpc) is 2.44. The van der Waals surface area contributed by atoms with Gasteiger partial charge in [-0.15, -0.1) is 0 Å². The molecule has 0 saturated carbocycles. The van der Waals surface area contributed by atoms with Crippen LogP contribution in [-0.4, -0.2) is 13.1 Å². The molecule has 0 aliphatic rings. The van der Waals surface area contributed by atoms with Crippen molar-refractivity contribution >= 4 is 0 Å². The van der Waals surface area contributed by atoms with Crippen molar-refractivity contribution in [1.29, 1.82) is 0 Å². The first-order valence-corrected chi connectivity index (χ1v) is 8.96. The SMILES string of the molecule is CCCCCCCCC(CCNCCC)C(C)CC. The Morgan fingerprint density at radius 1 is 0.737 bits per heavy atom. The maximum Gasteiger partial charge on any atom is -0.00462 e. The van der Waals surface area contributed by atoms with E-state index in [2.05, 4.69) is 33.0 Å². The maximum atomic E-state index is 3.56. The second-order valence-electron chi connectivity index (χ2n) is 6.24. The summed E-state index contributed by atoms with van der Waals surface area (Å²) in [5, 5.41) is 3.56. The van der Waals surface area contributed by atoms with E-state index in [0.717, 1.165) is 11.8 Å². The lowest BCUT2D eigenvalue weighted by Gasteiger charge is -2.23. The van der Waals surface area contributed by atoms with E-state index in [4.69, 9.17) is 0 Å². The van der Waals surface area contributed by atoms with Crippen LogP contribution in [0, 0.1) is 11.8 Å². The number of hydrogen-bond acceptors (Lipinski definition) is 1. The molecular formula is C18H39N. The van der Waals surface area contributed by atoms with Gasteiger partial charge in [0.15, 0.2) is 0 Å². The van der Waals surface area contributed by atoms with Crippen molar-refractivity contribution in [1.82, 2.24) is 5.32 Å². The Balaban J connectivity index is 3.68. The molecule has 1 N–H and O–H groups in total. The summed E-state index contributed by atoms with van der Waals surface area (Å²) in [6.07, 6.45) is 14.0. The standard InChI is InChI=1S/C18H39N/c1-5-8-9-10-11-12-13-18(17(4)7-3)14-16-19-15-6-2/h17-19H,5-16H2,1-4H3. The fourth-order valence-electron chi connectivity index (χ4n) is 2.82. The zero-order valence-corrected chi connectivity index (χ0v) is 14.1. The Bertz CT molecular complexity index is 167. The van der Waals surface area contributed by atoms with Gasteiger partial charge in [-0.3, -0.25) is 0 Å². The molecule has 0 aromatic carbocycles. The Kier molecular flexibility index (Phi) is 14.3. The summed E-state index contributed by atoms with van der Waals surface area (Å²) in [5.41, 5.74) is 0. The van der Waals surface area contributed by atoms with Gasteiger partial charge >= 0.3 is 0 Å². The third kappa shape index (κ3) is 11.5. The number of hydrogen-bond donors (Lipinski definition) is 1. The molecule has 0 saturated heterocycles. The Labute approximate surface area is 122 Å². The van der Waals surface area contributed by atoms with Gasteiger partial charge in [0.1, 0.15) is 0 Å². The maximum absolute atomic E-state index is 3.56. The Hall–Kier alpha value is -0.0400. The highest BCUT2D eigenvalue weighted by Gasteiger charge is 2.14. The molecule has 0 aliphatic heterocycles. The van der Waals surface area contributed by atoms with Crippen LogP contribution in [0.3, 0.4) is 0 Å². The van der Waals surface area contributed by atoms with Crippen LogP contribution in [-0.2, 0) is 0 Å². The molecule has 1 heteroatoms. The van der Waals surface area contributed by atoms with E-state index < -0.39 is 0 Å². The fourth-order valence-corrected chi connectivity index (χ4v) is 2.82. The molecule has 0 bridgehead atoms. The van der Waals surface area contributed by atoms with Crippen molar-refractivity contribution in [3.63, 3.8) is 0 Å². The highest BCUT2D eigenvalue weighted by Crippen LogP contribution is 2.25. The molecule has 0 fully saturated rings. The van der Waals surface area contributed by atoms with Crippen LogP contribution in [0.5, 0.6) is 0 Å². The lowest BCUT2D eigenvalue weighted by atomic mass is 9.84.